The third-order valence-corrected chi connectivity index (χ3v) is 3.54. The van der Waals surface area contributed by atoms with Crippen molar-refractivity contribution in [3.05, 3.63) is 40.6 Å². The predicted octanol–water partition coefficient (Wildman–Crippen LogP) is 4.76. The molecule has 2 rings (SSSR count). The van der Waals surface area contributed by atoms with Crippen molar-refractivity contribution in [1.29, 1.82) is 0 Å². The molecule has 0 fully saturated rings. The normalized spacial score (nSPS) is 10.9. The Labute approximate surface area is 120 Å². The first-order chi connectivity index (χ1) is 8.60. The molecule has 0 amide bonds. The van der Waals surface area contributed by atoms with Gasteiger partial charge in [-0.15, -0.1) is 11.6 Å². The van der Waals surface area contributed by atoms with Gasteiger partial charge in [-0.25, -0.2) is 0 Å². The van der Waals surface area contributed by atoms with Crippen molar-refractivity contribution >= 4 is 27.5 Å². The van der Waals surface area contributed by atoms with Gasteiger partial charge in [0.2, 0.25) is 0 Å². The topological polar surface area (TPSA) is 27.1 Å². The molecule has 0 radical (unpaired) electrons. The van der Waals surface area contributed by atoms with Crippen LogP contribution in [0.5, 0.6) is 11.5 Å². The molecule has 0 spiro atoms. The Bertz CT molecular complexity index is 540. The van der Waals surface area contributed by atoms with E-state index in [0.717, 1.165) is 21.5 Å². The smallest absolute Gasteiger partial charge is 0.165 e. The van der Waals surface area contributed by atoms with E-state index in [-0.39, 0.29) is 0 Å². The van der Waals surface area contributed by atoms with Gasteiger partial charge in [0, 0.05) is 16.4 Å². The molecule has 3 nitrogen and oxygen atoms in total. The lowest BCUT2D eigenvalue weighted by Gasteiger charge is -2.06. The van der Waals surface area contributed by atoms with Gasteiger partial charge in [0.1, 0.15) is 5.75 Å². The Morgan fingerprint density at radius 2 is 2.17 bits per heavy atom. The summed E-state index contributed by atoms with van der Waals surface area (Å²) in [4.78, 5) is 0. The van der Waals surface area contributed by atoms with E-state index in [0.29, 0.717) is 11.9 Å². The average molecular weight is 330 g/mol. The van der Waals surface area contributed by atoms with Crippen LogP contribution in [0, 0.1) is 0 Å². The Kier molecular flexibility index (Phi) is 4.30. The van der Waals surface area contributed by atoms with E-state index >= 15 is 0 Å². The largest absolute Gasteiger partial charge is 0.454 e. The van der Waals surface area contributed by atoms with Crippen LogP contribution >= 0.6 is 27.5 Å². The molecule has 0 bridgehead atoms. The van der Waals surface area contributed by atoms with Crippen LogP contribution in [-0.4, -0.2) is 9.78 Å². The molecule has 0 unspecified atom stereocenters. The summed E-state index contributed by atoms with van der Waals surface area (Å²) in [6, 6.07) is 6.08. The van der Waals surface area contributed by atoms with Gasteiger partial charge in [-0.1, -0.05) is 22.0 Å². The first-order valence-corrected chi connectivity index (χ1v) is 6.99. The second kappa shape index (κ2) is 5.76. The highest BCUT2D eigenvalue weighted by atomic mass is 79.9. The highest BCUT2D eigenvalue weighted by Crippen LogP contribution is 2.28. The summed E-state index contributed by atoms with van der Waals surface area (Å²) in [5, 5.41) is 4.23. The lowest BCUT2D eigenvalue weighted by atomic mass is 10.2. The van der Waals surface area contributed by atoms with Crippen LogP contribution in [0.4, 0.5) is 0 Å². The van der Waals surface area contributed by atoms with Gasteiger partial charge < -0.3 is 4.74 Å². The molecule has 1 aromatic heterocycles. The summed E-state index contributed by atoms with van der Waals surface area (Å²) in [6.07, 6.45) is 3.59. The monoisotopic (exact) mass is 328 g/mol. The summed E-state index contributed by atoms with van der Waals surface area (Å²) in [5.74, 6) is 1.97. The van der Waals surface area contributed by atoms with Crippen molar-refractivity contribution in [3.8, 4) is 11.5 Å². The molecule has 0 aliphatic carbocycles. The molecule has 0 saturated heterocycles. The third-order valence-electron chi connectivity index (χ3n) is 2.51. The molecule has 0 aliphatic heterocycles. The number of aromatic nitrogens is 2. The second-order valence-electron chi connectivity index (χ2n) is 4.24. The minimum atomic E-state index is 0.327. The van der Waals surface area contributed by atoms with Crippen LogP contribution in [0.3, 0.4) is 0 Å². The average Bonchev–Trinajstić information content (AvgIpc) is 2.78. The molecule has 0 N–H and O–H groups in total. The summed E-state index contributed by atoms with van der Waals surface area (Å²) in [6.45, 7) is 4.14. The van der Waals surface area contributed by atoms with E-state index in [2.05, 4.69) is 34.9 Å². The van der Waals surface area contributed by atoms with Crippen LogP contribution in [-0.2, 0) is 5.88 Å². The zero-order valence-corrected chi connectivity index (χ0v) is 12.6. The van der Waals surface area contributed by atoms with E-state index in [1.807, 2.05) is 29.1 Å². The Hall–Kier alpha value is -1.00. The van der Waals surface area contributed by atoms with Gasteiger partial charge in [0.05, 0.1) is 12.4 Å². The molecule has 2 aromatic rings. The van der Waals surface area contributed by atoms with Crippen LogP contribution in [0.2, 0.25) is 0 Å². The zero-order valence-electron chi connectivity index (χ0n) is 10.2. The van der Waals surface area contributed by atoms with Gasteiger partial charge in [0.15, 0.2) is 5.75 Å². The fourth-order valence-electron chi connectivity index (χ4n) is 1.49. The van der Waals surface area contributed by atoms with Gasteiger partial charge in [-0.2, -0.15) is 5.10 Å². The van der Waals surface area contributed by atoms with Crippen LogP contribution in [0.1, 0.15) is 25.5 Å². The first-order valence-electron chi connectivity index (χ1n) is 5.66. The third kappa shape index (κ3) is 3.06. The number of hydrogen-bond donors (Lipinski definition) is 0. The van der Waals surface area contributed by atoms with Crippen LogP contribution in [0.15, 0.2) is 35.1 Å². The molecule has 0 atom stereocenters. The fourth-order valence-corrected chi connectivity index (χ4v) is 2.38. The van der Waals surface area contributed by atoms with Crippen LogP contribution in [0.25, 0.3) is 0 Å². The molecular formula is C13H14BrClN2O. The van der Waals surface area contributed by atoms with Crippen molar-refractivity contribution in [3.63, 3.8) is 0 Å². The highest BCUT2D eigenvalue weighted by molar-refractivity contribution is 9.10. The number of hydrogen-bond acceptors (Lipinski definition) is 2. The zero-order chi connectivity index (χ0) is 13.1. The van der Waals surface area contributed by atoms with Gasteiger partial charge >= 0.3 is 0 Å². The lowest BCUT2D eigenvalue weighted by Crippen LogP contribution is -1.99. The van der Waals surface area contributed by atoms with E-state index in [1.54, 1.807) is 6.20 Å². The highest BCUT2D eigenvalue weighted by Gasteiger charge is 2.05. The van der Waals surface area contributed by atoms with E-state index in [4.69, 9.17) is 16.3 Å². The Morgan fingerprint density at radius 1 is 1.39 bits per heavy atom. The van der Waals surface area contributed by atoms with Gasteiger partial charge in [-0.05, 0) is 31.5 Å². The van der Waals surface area contributed by atoms with Gasteiger partial charge in [0.25, 0.3) is 0 Å². The Balaban J connectivity index is 2.15. The second-order valence-corrected chi connectivity index (χ2v) is 5.36. The number of halogens is 2. The first kappa shape index (κ1) is 13.4. The number of nitrogens with zero attached hydrogens (tertiary/aromatic N) is 2. The minimum Gasteiger partial charge on any atom is -0.454 e. The predicted molar refractivity (Wildman–Crippen MR) is 76.4 cm³/mol. The number of ether oxygens (including phenoxy) is 1. The van der Waals surface area contributed by atoms with Crippen LogP contribution < -0.4 is 4.74 Å². The lowest BCUT2D eigenvalue weighted by molar-refractivity contribution is 0.476. The maximum absolute atomic E-state index is 5.80. The molecule has 0 aliphatic rings. The molecule has 1 heterocycles. The summed E-state index contributed by atoms with van der Waals surface area (Å²) >= 11 is 9.26. The maximum atomic E-state index is 5.80. The summed E-state index contributed by atoms with van der Waals surface area (Å²) < 4.78 is 8.54. The number of rotatable bonds is 4. The van der Waals surface area contributed by atoms with E-state index in [9.17, 15) is 0 Å². The fraction of sp³-hybridized carbons (Fsp3) is 0.308. The molecule has 18 heavy (non-hydrogen) atoms. The quantitative estimate of drug-likeness (QED) is 0.756. The minimum absolute atomic E-state index is 0.327. The Morgan fingerprint density at radius 3 is 2.72 bits per heavy atom. The van der Waals surface area contributed by atoms with Crippen molar-refractivity contribution < 1.29 is 4.74 Å². The summed E-state index contributed by atoms with van der Waals surface area (Å²) in [5.41, 5.74) is 1.04. The van der Waals surface area contributed by atoms with E-state index < -0.39 is 0 Å². The van der Waals surface area contributed by atoms with Crippen molar-refractivity contribution in [2.45, 2.75) is 25.8 Å². The van der Waals surface area contributed by atoms with Gasteiger partial charge in [-0.3, -0.25) is 4.68 Å². The SMILES string of the molecule is CC(C)n1cc(Oc2ccc(CCl)c(Br)c2)cn1. The standard InChI is InChI=1S/C13H14BrClN2O/c1-9(2)17-8-12(7-16-17)18-11-4-3-10(6-15)13(14)5-11/h3-5,7-9H,6H2,1-2H3. The molecule has 5 heteroatoms. The van der Waals surface area contributed by atoms with E-state index in [1.165, 1.54) is 0 Å². The number of benzene rings is 1. The van der Waals surface area contributed by atoms with Crippen molar-refractivity contribution in [1.82, 2.24) is 9.78 Å². The molecule has 1 aromatic carbocycles. The number of alkyl halides is 1. The molecule has 96 valence electrons. The molecule has 0 saturated carbocycles. The molecular weight excluding hydrogens is 316 g/mol. The van der Waals surface area contributed by atoms with Crippen molar-refractivity contribution in [2.24, 2.45) is 0 Å². The maximum Gasteiger partial charge on any atom is 0.165 e. The summed E-state index contributed by atoms with van der Waals surface area (Å²) in [7, 11) is 0. The van der Waals surface area contributed by atoms with Crippen molar-refractivity contribution in [2.75, 3.05) is 0 Å².